The van der Waals surface area contributed by atoms with Gasteiger partial charge in [0.05, 0.1) is 12.1 Å². The lowest BCUT2D eigenvalue weighted by molar-refractivity contribution is 0.343. The molecule has 110 valence electrons. The highest BCUT2D eigenvalue weighted by atomic mass is 32.1. The number of para-hydroxylation sites is 1. The number of nitrogens with zero attached hydrogens (tertiary/aromatic N) is 3. The van der Waals surface area contributed by atoms with E-state index in [1.54, 1.807) is 0 Å². The number of benzene rings is 1. The maximum Gasteiger partial charge on any atom is 0.178 e. The number of H-pyrrole nitrogens is 1. The van der Waals surface area contributed by atoms with E-state index in [0.29, 0.717) is 11.4 Å². The predicted molar refractivity (Wildman–Crippen MR) is 85.2 cm³/mol. The van der Waals surface area contributed by atoms with E-state index in [0.717, 1.165) is 35.6 Å². The third-order valence-corrected chi connectivity index (χ3v) is 3.87. The Hall–Kier alpha value is -2.08. The van der Waals surface area contributed by atoms with E-state index in [1.165, 1.54) is 0 Å². The van der Waals surface area contributed by atoms with Crippen LogP contribution in [0, 0.1) is 4.77 Å². The zero-order chi connectivity index (χ0) is 14.8. The average Bonchev–Trinajstić information content (AvgIpc) is 3.01. The summed E-state index contributed by atoms with van der Waals surface area (Å²) in [6.45, 7) is 3.41. The average molecular weight is 302 g/mol. The first-order chi connectivity index (χ1) is 10.2. The van der Waals surface area contributed by atoms with Crippen molar-refractivity contribution >= 4 is 23.3 Å². The molecule has 0 aliphatic rings. The van der Waals surface area contributed by atoms with Crippen molar-refractivity contribution < 1.29 is 4.74 Å². The summed E-state index contributed by atoms with van der Waals surface area (Å²) in [6.07, 6.45) is 4.61. The molecule has 0 aliphatic heterocycles. The van der Waals surface area contributed by atoms with Crippen LogP contribution in [0.5, 0.6) is 5.75 Å². The van der Waals surface area contributed by atoms with Crippen molar-refractivity contribution in [2.24, 2.45) is 7.05 Å². The summed E-state index contributed by atoms with van der Waals surface area (Å²) in [4.78, 5) is 7.60. The standard InChI is InChI=1S/C15H18N4OS/c1-3-20-12-6-4-5-11-14(12)17-15(21)19(11)9-7-13-16-8-10-18(13)2/h4-6,8,10H,3,7,9H2,1-2H3,(H,17,21). The molecule has 21 heavy (non-hydrogen) atoms. The first-order valence-electron chi connectivity index (χ1n) is 7.01. The highest BCUT2D eigenvalue weighted by Gasteiger charge is 2.10. The SMILES string of the molecule is CCOc1cccc2c1[nH]c(=S)n2CCc1nccn1C. The minimum Gasteiger partial charge on any atom is -0.492 e. The van der Waals surface area contributed by atoms with Gasteiger partial charge in [-0.15, -0.1) is 0 Å². The summed E-state index contributed by atoms with van der Waals surface area (Å²) in [5, 5.41) is 0. The molecule has 0 amide bonds. The third kappa shape index (κ3) is 2.58. The minimum atomic E-state index is 0.637. The van der Waals surface area contributed by atoms with Gasteiger partial charge in [-0.1, -0.05) is 6.07 Å². The Bertz CT molecular complexity index is 815. The molecular formula is C15H18N4OS. The molecule has 0 fully saturated rings. The maximum absolute atomic E-state index is 5.65. The first kappa shape index (κ1) is 13.9. The second-order valence-electron chi connectivity index (χ2n) is 4.87. The van der Waals surface area contributed by atoms with Crippen LogP contribution in [0.1, 0.15) is 12.7 Å². The monoisotopic (exact) mass is 302 g/mol. The van der Waals surface area contributed by atoms with Crippen LogP contribution in [0.3, 0.4) is 0 Å². The predicted octanol–water partition coefficient (Wildman–Crippen LogP) is 3.07. The fourth-order valence-corrected chi connectivity index (χ4v) is 2.79. The zero-order valence-electron chi connectivity index (χ0n) is 12.2. The molecule has 1 N–H and O–H groups in total. The van der Waals surface area contributed by atoms with Crippen LogP contribution in [0.25, 0.3) is 11.0 Å². The first-order valence-corrected chi connectivity index (χ1v) is 7.42. The lowest BCUT2D eigenvalue weighted by atomic mass is 10.3. The number of aromatic nitrogens is 4. The van der Waals surface area contributed by atoms with Crippen molar-refractivity contribution in [2.45, 2.75) is 19.9 Å². The molecular weight excluding hydrogens is 284 g/mol. The third-order valence-electron chi connectivity index (χ3n) is 3.55. The molecule has 0 saturated carbocycles. The molecule has 0 unspecified atom stereocenters. The minimum absolute atomic E-state index is 0.637. The number of rotatable bonds is 5. The highest BCUT2D eigenvalue weighted by Crippen LogP contribution is 2.25. The number of fused-ring (bicyclic) bond motifs is 1. The summed E-state index contributed by atoms with van der Waals surface area (Å²) in [5.41, 5.74) is 2.03. The van der Waals surface area contributed by atoms with Crippen molar-refractivity contribution in [1.29, 1.82) is 0 Å². The molecule has 1 aromatic carbocycles. The Balaban J connectivity index is 1.95. The summed E-state index contributed by atoms with van der Waals surface area (Å²) < 4.78 is 10.5. The van der Waals surface area contributed by atoms with Crippen LogP contribution in [-0.2, 0) is 20.0 Å². The second kappa shape index (κ2) is 5.73. The molecule has 0 saturated heterocycles. The molecule has 3 aromatic rings. The van der Waals surface area contributed by atoms with Crippen LogP contribution in [-0.4, -0.2) is 25.7 Å². The quantitative estimate of drug-likeness (QED) is 0.737. The van der Waals surface area contributed by atoms with Gasteiger partial charge in [-0.05, 0) is 31.3 Å². The fourth-order valence-electron chi connectivity index (χ4n) is 2.50. The molecule has 3 rings (SSSR count). The summed E-state index contributed by atoms with van der Waals surface area (Å²) >= 11 is 5.45. The Kier molecular flexibility index (Phi) is 3.79. The van der Waals surface area contributed by atoms with E-state index in [4.69, 9.17) is 17.0 Å². The molecule has 0 bridgehead atoms. The molecule has 5 nitrogen and oxygen atoms in total. The largest absolute Gasteiger partial charge is 0.492 e. The van der Waals surface area contributed by atoms with Gasteiger partial charge in [0.1, 0.15) is 17.1 Å². The van der Waals surface area contributed by atoms with Gasteiger partial charge in [-0.25, -0.2) is 4.98 Å². The maximum atomic E-state index is 5.65. The van der Waals surface area contributed by atoms with E-state index < -0.39 is 0 Å². The van der Waals surface area contributed by atoms with E-state index in [2.05, 4.69) is 20.6 Å². The zero-order valence-corrected chi connectivity index (χ0v) is 13.0. The van der Waals surface area contributed by atoms with E-state index >= 15 is 0 Å². The second-order valence-corrected chi connectivity index (χ2v) is 5.26. The molecule has 0 spiro atoms. The Labute approximate surface area is 128 Å². The van der Waals surface area contributed by atoms with Crippen molar-refractivity contribution in [1.82, 2.24) is 19.1 Å². The topological polar surface area (TPSA) is 47.8 Å². The van der Waals surface area contributed by atoms with Crippen molar-refractivity contribution in [3.05, 3.63) is 41.2 Å². The molecule has 0 aliphatic carbocycles. The summed E-state index contributed by atoms with van der Waals surface area (Å²) in [7, 11) is 2.00. The van der Waals surface area contributed by atoms with Crippen LogP contribution >= 0.6 is 12.2 Å². The van der Waals surface area contributed by atoms with Gasteiger partial charge < -0.3 is 18.9 Å². The molecule has 2 heterocycles. The Morgan fingerprint density at radius 2 is 2.24 bits per heavy atom. The van der Waals surface area contributed by atoms with Crippen molar-refractivity contribution in [3.8, 4) is 5.75 Å². The van der Waals surface area contributed by atoms with Crippen LogP contribution in [0.2, 0.25) is 0 Å². The van der Waals surface area contributed by atoms with Crippen LogP contribution in [0.15, 0.2) is 30.6 Å². The number of hydrogen-bond acceptors (Lipinski definition) is 3. The summed E-state index contributed by atoms with van der Waals surface area (Å²) in [6, 6.07) is 6.01. The van der Waals surface area contributed by atoms with E-state index in [1.807, 2.05) is 43.1 Å². The molecule has 0 radical (unpaired) electrons. The normalized spacial score (nSPS) is 11.1. The van der Waals surface area contributed by atoms with Gasteiger partial charge >= 0.3 is 0 Å². The van der Waals surface area contributed by atoms with Gasteiger partial charge in [0.2, 0.25) is 0 Å². The molecule has 0 atom stereocenters. The Morgan fingerprint density at radius 1 is 1.38 bits per heavy atom. The number of ether oxygens (including phenoxy) is 1. The van der Waals surface area contributed by atoms with E-state index in [-0.39, 0.29) is 0 Å². The lowest BCUT2D eigenvalue weighted by Gasteiger charge is -2.06. The number of hydrogen-bond donors (Lipinski definition) is 1. The smallest absolute Gasteiger partial charge is 0.178 e. The number of imidazole rings is 2. The number of aryl methyl sites for hydroxylation is 3. The van der Waals surface area contributed by atoms with Crippen LogP contribution < -0.4 is 4.74 Å². The van der Waals surface area contributed by atoms with E-state index in [9.17, 15) is 0 Å². The van der Waals surface area contributed by atoms with Gasteiger partial charge in [0, 0.05) is 32.4 Å². The van der Waals surface area contributed by atoms with Gasteiger partial charge in [-0.2, -0.15) is 0 Å². The van der Waals surface area contributed by atoms with Crippen molar-refractivity contribution in [3.63, 3.8) is 0 Å². The summed E-state index contributed by atoms with van der Waals surface area (Å²) in [5.74, 6) is 1.89. The molecule has 6 heteroatoms. The van der Waals surface area contributed by atoms with Gasteiger partial charge in [0.25, 0.3) is 0 Å². The molecule has 2 aromatic heterocycles. The van der Waals surface area contributed by atoms with Crippen LogP contribution in [0.4, 0.5) is 0 Å². The number of nitrogens with one attached hydrogen (secondary N) is 1. The number of aromatic amines is 1. The van der Waals surface area contributed by atoms with Gasteiger partial charge in [0.15, 0.2) is 4.77 Å². The lowest BCUT2D eigenvalue weighted by Crippen LogP contribution is -2.05. The Morgan fingerprint density at radius 3 is 2.95 bits per heavy atom. The van der Waals surface area contributed by atoms with Crippen molar-refractivity contribution in [2.75, 3.05) is 6.61 Å². The highest BCUT2D eigenvalue weighted by molar-refractivity contribution is 7.71. The van der Waals surface area contributed by atoms with Gasteiger partial charge in [-0.3, -0.25) is 0 Å². The fraction of sp³-hybridized carbons (Fsp3) is 0.333.